The van der Waals surface area contributed by atoms with Crippen LogP contribution >= 0.6 is 0 Å². The average Bonchev–Trinajstić information content (AvgIpc) is 1.78. The monoisotopic (exact) mass is 1550 g/mol. The van der Waals surface area contributed by atoms with E-state index in [4.69, 9.17) is 11.5 Å². The van der Waals surface area contributed by atoms with Crippen LogP contribution in [-0.4, -0.2) is 177 Å². The number of aromatic amines is 1. The summed E-state index contributed by atoms with van der Waals surface area (Å²) in [7, 11) is 0. The lowest BCUT2D eigenvalue weighted by Gasteiger charge is -2.36. The molecule has 1 aromatic heterocycles. The highest BCUT2D eigenvalue weighted by atomic mass is 16.3. The molecule has 14 atom stereocenters. The Morgan fingerprint density at radius 1 is 0.676 bits per heavy atom. The molecule has 0 bridgehead atoms. The van der Waals surface area contributed by atoms with E-state index in [1.54, 1.807) is 42.6 Å². The van der Waals surface area contributed by atoms with Gasteiger partial charge in [-0.15, -0.1) is 0 Å². The predicted octanol–water partition coefficient (Wildman–Crippen LogP) is 4.60. The van der Waals surface area contributed by atoms with E-state index in [0.717, 1.165) is 11.8 Å². The molecule has 0 aliphatic carbocycles. The number of carbonyl (C=O) groups is 15. The first-order valence-electron chi connectivity index (χ1n) is 39.3. The maximum atomic E-state index is 15.8. The van der Waals surface area contributed by atoms with Crippen molar-refractivity contribution in [1.29, 1.82) is 0 Å². The number of amides is 10. The van der Waals surface area contributed by atoms with Crippen LogP contribution in [0.5, 0.6) is 0 Å². The van der Waals surface area contributed by atoms with Gasteiger partial charge in [0, 0.05) is 56.4 Å². The quantitative estimate of drug-likeness (QED) is 0.0293. The Balaban J connectivity index is 1.79. The van der Waals surface area contributed by atoms with Crippen LogP contribution in [0, 0.1) is 29.1 Å². The molecule has 0 saturated carbocycles. The van der Waals surface area contributed by atoms with Gasteiger partial charge in [0.25, 0.3) is 0 Å². The third-order valence-electron chi connectivity index (χ3n) is 20.5. The number of ketones is 5. The van der Waals surface area contributed by atoms with E-state index < -0.39 is 184 Å². The van der Waals surface area contributed by atoms with E-state index in [0.29, 0.717) is 74.4 Å². The number of primary amides is 2. The van der Waals surface area contributed by atoms with Crippen LogP contribution in [0.15, 0.2) is 72.9 Å². The molecule has 0 saturated heterocycles. The number of benzene rings is 2. The second-order valence-electron chi connectivity index (χ2n) is 31.8. The van der Waals surface area contributed by atoms with Gasteiger partial charge in [0.05, 0.1) is 53.1 Å². The summed E-state index contributed by atoms with van der Waals surface area (Å²) < 4.78 is 0. The van der Waals surface area contributed by atoms with Gasteiger partial charge < -0.3 is 74.7 Å². The molecular formula is C82H125N13O16. The normalized spacial score (nSPS) is 23.0. The lowest BCUT2D eigenvalue weighted by atomic mass is 9.73. The summed E-state index contributed by atoms with van der Waals surface area (Å²) in [5.74, 6) is -13.9. The minimum absolute atomic E-state index is 0.0165. The molecule has 0 radical (unpaired) electrons. The summed E-state index contributed by atoms with van der Waals surface area (Å²) in [6.07, 6.45) is 8.37. The topological polar surface area (TPSA) is 464 Å². The summed E-state index contributed by atoms with van der Waals surface area (Å²) in [6.45, 7) is 21.6. The molecular weight excluding hydrogens is 1420 g/mol. The fourth-order valence-corrected chi connectivity index (χ4v) is 13.5. The van der Waals surface area contributed by atoms with Gasteiger partial charge in [-0.05, 0) is 148 Å². The minimum atomic E-state index is -1.79. The Bertz CT molecular complexity index is 3740. The van der Waals surface area contributed by atoms with Gasteiger partial charge in [0.1, 0.15) is 29.7 Å². The summed E-state index contributed by atoms with van der Waals surface area (Å²) in [6, 6.07) is 5.31. The second-order valence-corrected chi connectivity index (χ2v) is 31.8. The first kappa shape index (κ1) is 94.0. The van der Waals surface area contributed by atoms with Crippen LogP contribution in [0.25, 0.3) is 10.9 Å². The van der Waals surface area contributed by atoms with Crippen molar-refractivity contribution < 1.29 is 77.0 Å². The SMILES string of the molecule is CCCC[C@H](CNC(C)C(=O)C(=O)C(C)NC(=O)[C@]1(C)CCC/C=C/CCCCCC[C@](C)(NC(=O)[C@H](Cc2ccccc2)NC(=O)[C@@H](NC(=O)[C@H](CC(C)C)NC(C)=O)[C@@H](C)O)C(=O)C[C@@](C)(Cc2c[nH]c3ccccc23)C(=O)NC(C)C(=O)C(=O)[C@H](CCC(N)=O)NC[C@@H](CC(C)C)C(=O)N1)C(=O)NC(C)C(N)=O. The molecule has 0 fully saturated rings. The molecule has 2 aromatic carbocycles. The lowest BCUT2D eigenvalue weighted by molar-refractivity contribution is -0.143. The Kier molecular flexibility index (Phi) is 38.3. The number of hydrogen-bond acceptors (Lipinski definition) is 18. The number of aromatic nitrogens is 1. The molecule has 4 unspecified atom stereocenters. The molecule has 29 nitrogen and oxygen atoms in total. The first-order valence-corrected chi connectivity index (χ1v) is 39.3. The second kappa shape index (κ2) is 45.2. The molecule has 614 valence electrons. The largest absolute Gasteiger partial charge is 0.391 e. The van der Waals surface area contributed by atoms with E-state index >= 15 is 14.4 Å². The van der Waals surface area contributed by atoms with Gasteiger partial charge >= 0.3 is 0 Å². The van der Waals surface area contributed by atoms with Crippen molar-refractivity contribution in [3.05, 3.63) is 84.1 Å². The summed E-state index contributed by atoms with van der Waals surface area (Å²) >= 11 is 0. The number of aliphatic hydroxyl groups is 1. The number of Topliss-reactive ketones (excluding diaryl/α,β-unsaturated/α-hetero) is 5. The molecule has 16 N–H and O–H groups in total. The first-order chi connectivity index (χ1) is 52.1. The predicted molar refractivity (Wildman–Crippen MR) is 422 cm³/mol. The number of H-pyrrole nitrogens is 1. The highest BCUT2D eigenvalue weighted by molar-refractivity contribution is 6.41. The Morgan fingerprint density at radius 2 is 1.32 bits per heavy atom. The van der Waals surface area contributed by atoms with Crippen LogP contribution in [0.2, 0.25) is 0 Å². The zero-order chi connectivity index (χ0) is 83.1. The molecule has 3 aromatic rings. The number of allylic oxidation sites excluding steroid dienone is 2. The third-order valence-corrected chi connectivity index (χ3v) is 20.5. The van der Waals surface area contributed by atoms with Gasteiger partial charge in [-0.25, -0.2) is 0 Å². The number of carbonyl (C=O) groups excluding carboxylic acids is 15. The number of unbranched alkanes of at least 4 members (excludes halogenated alkanes) is 1. The maximum Gasteiger partial charge on any atom is 0.246 e. The summed E-state index contributed by atoms with van der Waals surface area (Å²) in [4.78, 5) is 214. The van der Waals surface area contributed by atoms with Crippen LogP contribution in [0.4, 0.5) is 0 Å². The number of aliphatic hydroxyl groups excluding tert-OH is 1. The van der Waals surface area contributed by atoms with Crippen molar-refractivity contribution in [2.75, 3.05) is 13.1 Å². The number of rotatable bonds is 33. The van der Waals surface area contributed by atoms with Crippen molar-refractivity contribution in [3.8, 4) is 0 Å². The van der Waals surface area contributed by atoms with Crippen molar-refractivity contribution in [3.63, 3.8) is 0 Å². The molecule has 111 heavy (non-hydrogen) atoms. The molecule has 1 aliphatic heterocycles. The molecule has 1 aliphatic rings. The fraction of sp³-hybridized carbons (Fsp3) is 0.622. The van der Waals surface area contributed by atoms with Gasteiger partial charge in [-0.3, -0.25) is 71.9 Å². The summed E-state index contributed by atoms with van der Waals surface area (Å²) in [5, 5.41) is 39.5. The van der Waals surface area contributed by atoms with E-state index in [1.807, 2.05) is 65.0 Å². The van der Waals surface area contributed by atoms with Crippen LogP contribution in [-0.2, 0) is 84.8 Å². The molecule has 2 heterocycles. The van der Waals surface area contributed by atoms with Crippen LogP contribution in [0.1, 0.15) is 217 Å². The van der Waals surface area contributed by atoms with Gasteiger partial charge in [0.15, 0.2) is 5.78 Å². The zero-order valence-electron chi connectivity index (χ0n) is 67.5. The molecule has 29 heteroatoms. The van der Waals surface area contributed by atoms with Gasteiger partial charge in [0.2, 0.25) is 82.2 Å². The van der Waals surface area contributed by atoms with Crippen molar-refractivity contribution in [2.45, 2.75) is 284 Å². The molecule has 4 rings (SSSR count). The van der Waals surface area contributed by atoms with E-state index in [9.17, 15) is 62.6 Å². The molecule has 10 amide bonds. The number of nitrogens with one attached hydrogen (secondary N) is 11. The maximum absolute atomic E-state index is 15.8. The van der Waals surface area contributed by atoms with Gasteiger partial charge in [-0.1, -0.05) is 134 Å². The van der Waals surface area contributed by atoms with Crippen LogP contribution < -0.4 is 64.6 Å². The minimum Gasteiger partial charge on any atom is -0.391 e. The average molecular weight is 1550 g/mol. The lowest BCUT2D eigenvalue weighted by Crippen LogP contribution is -2.62. The highest BCUT2D eigenvalue weighted by Crippen LogP contribution is 2.35. The van der Waals surface area contributed by atoms with E-state index in [2.05, 4.69) is 58.2 Å². The number of fused-ring (bicyclic) bond motifs is 1. The van der Waals surface area contributed by atoms with Crippen molar-refractivity contribution in [1.82, 2.24) is 58.2 Å². The number of nitrogens with two attached hydrogens (primary N) is 2. The van der Waals surface area contributed by atoms with Crippen molar-refractivity contribution in [2.24, 2.45) is 40.6 Å². The van der Waals surface area contributed by atoms with Crippen LogP contribution in [0.3, 0.4) is 0 Å². The van der Waals surface area contributed by atoms with Gasteiger partial charge in [-0.2, -0.15) is 0 Å². The standard InChI is InChI=1S/C82H125N13O16/c1-15-16-33-57(73(105)88-53(9)72(84)104)45-85-50(6)68(100)69(101)51(7)90-79(111)82(14)39-30-23-21-19-17-18-20-22-29-38-81(13,95-76(108)64(42-56-31-25-24-26-32-56)92-77(109)67(54(10)96)93-75(107)63(41-49(4)5)91-55(11)97)65(98)44-80(12,43-59-47-86-61-35-28-27-34-60(59)61)78(110)89-52(8)70(102)71(103)62(36-37-66(83)99)87-46-58(40-48(2)3)74(106)94-82/h19,21,24-28,31-32,34-35,47-54,57-58,62-64,67,85-87,96H,15-18,20,22-23,29-30,33,36-46H2,1-14H3,(H2,83,99)(H2,84,104)(H,88,105)(H,89,110)(H,90,111)(H,91,97)(H,92,109)(H,93,107)(H,94,106)(H,95,108)/b21-19+/t50?,51?,52?,53?,54-,57-,58-,62+,63+,64+,67+,80-,81+,82+/m1/s1. The van der Waals surface area contributed by atoms with E-state index in [-0.39, 0.29) is 69.9 Å². The number of para-hydroxylation sites is 1. The summed E-state index contributed by atoms with van der Waals surface area (Å²) in [5.41, 5.74) is 7.65. The van der Waals surface area contributed by atoms with E-state index in [1.165, 1.54) is 62.3 Å². The van der Waals surface area contributed by atoms with Crippen molar-refractivity contribution >= 4 is 98.9 Å². The Morgan fingerprint density at radius 3 is 1.94 bits per heavy atom. The Hall–Kier alpha value is -9.35. The fourth-order valence-electron chi connectivity index (χ4n) is 13.5. The third kappa shape index (κ3) is 30.3. The highest BCUT2D eigenvalue weighted by Gasteiger charge is 2.46. The Labute approximate surface area is 653 Å². The smallest absolute Gasteiger partial charge is 0.246 e. The molecule has 0 spiro atoms. The zero-order valence-corrected chi connectivity index (χ0v) is 67.5. The number of hydrogen-bond donors (Lipinski definition) is 14.